The maximum atomic E-state index is 6.17. The Bertz CT molecular complexity index is 414. The number of hydrogen-bond donors (Lipinski definition) is 0. The van der Waals surface area contributed by atoms with Gasteiger partial charge in [0.05, 0.1) is 25.9 Å². The number of rotatable bonds is 4. The molecule has 0 aromatic rings. The average Bonchev–Trinajstić information content (AvgIpc) is 2.44. The predicted molar refractivity (Wildman–Crippen MR) is 101 cm³/mol. The molecule has 142 valence electrons. The largest absolute Gasteiger partial charge is 0.378 e. The Morgan fingerprint density at radius 2 is 1.79 bits per heavy atom. The summed E-state index contributed by atoms with van der Waals surface area (Å²) in [6, 6.07) is 0.507. The van der Waals surface area contributed by atoms with Crippen molar-refractivity contribution in [2.75, 3.05) is 32.9 Å². The Hall–Kier alpha value is -0.160. The van der Waals surface area contributed by atoms with Crippen molar-refractivity contribution in [1.29, 1.82) is 0 Å². The Morgan fingerprint density at radius 3 is 2.38 bits per heavy atom. The molecule has 0 N–H and O–H groups in total. The highest BCUT2D eigenvalue weighted by molar-refractivity contribution is 4.95. The normalized spacial score (nSPS) is 30.5. The summed E-state index contributed by atoms with van der Waals surface area (Å²) in [5.41, 5.74) is 0.497. The molecule has 24 heavy (non-hydrogen) atoms. The Morgan fingerprint density at radius 1 is 1.12 bits per heavy atom. The fourth-order valence-electron chi connectivity index (χ4n) is 4.56. The minimum absolute atomic E-state index is 0.112. The summed E-state index contributed by atoms with van der Waals surface area (Å²) in [6.45, 7) is 23.2. The van der Waals surface area contributed by atoms with Crippen LogP contribution in [0.4, 0.5) is 0 Å². The van der Waals surface area contributed by atoms with E-state index in [-0.39, 0.29) is 16.6 Å². The molecular formula is C20H40N2O2. The van der Waals surface area contributed by atoms with Gasteiger partial charge in [-0.1, -0.05) is 0 Å². The fraction of sp³-hybridized carbons (Fsp3) is 1.00. The molecule has 4 nitrogen and oxygen atoms in total. The molecule has 2 aliphatic heterocycles. The molecule has 0 aromatic carbocycles. The van der Waals surface area contributed by atoms with Crippen LogP contribution in [0.25, 0.3) is 0 Å². The van der Waals surface area contributed by atoms with Gasteiger partial charge in [-0.2, -0.15) is 0 Å². The van der Waals surface area contributed by atoms with Gasteiger partial charge in [-0.15, -0.1) is 0 Å². The second-order valence-electron chi connectivity index (χ2n) is 10.00. The highest BCUT2D eigenvalue weighted by Crippen LogP contribution is 2.33. The summed E-state index contributed by atoms with van der Waals surface area (Å²) < 4.78 is 11.9. The van der Waals surface area contributed by atoms with Gasteiger partial charge in [-0.25, -0.2) is 0 Å². The van der Waals surface area contributed by atoms with E-state index >= 15 is 0 Å². The third-order valence-corrected chi connectivity index (χ3v) is 5.82. The van der Waals surface area contributed by atoms with Crippen molar-refractivity contribution in [3.05, 3.63) is 0 Å². The number of nitrogens with zero attached hydrogens (tertiary/aromatic N) is 2. The average molecular weight is 341 g/mol. The van der Waals surface area contributed by atoms with Gasteiger partial charge in [0.25, 0.3) is 0 Å². The van der Waals surface area contributed by atoms with Gasteiger partial charge in [-0.05, 0) is 68.2 Å². The second kappa shape index (κ2) is 7.22. The molecule has 4 heteroatoms. The van der Waals surface area contributed by atoms with Crippen molar-refractivity contribution in [3.8, 4) is 0 Å². The fourth-order valence-corrected chi connectivity index (χ4v) is 4.56. The van der Waals surface area contributed by atoms with Crippen LogP contribution < -0.4 is 0 Å². The van der Waals surface area contributed by atoms with Crippen molar-refractivity contribution in [2.45, 2.75) is 97.0 Å². The van der Waals surface area contributed by atoms with Crippen LogP contribution in [0.3, 0.4) is 0 Å². The standard InChI is InChI=1S/C20H40N2O2/c1-16-14-24-17(13-21(16)18(2,3)4)9-10-19(5,6)22-11-12-23-15-20(22,7)8/h16-17H,9-15H2,1-8H3. The molecule has 2 heterocycles. The molecule has 0 spiro atoms. The zero-order chi connectivity index (χ0) is 18.2. The molecule has 2 unspecified atom stereocenters. The Labute approximate surface area is 149 Å². The second-order valence-corrected chi connectivity index (χ2v) is 10.00. The van der Waals surface area contributed by atoms with Crippen molar-refractivity contribution in [1.82, 2.24) is 9.80 Å². The monoisotopic (exact) mass is 340 g/mol. The van der Waals surface area contributed by atoms with Gasteiger partial charge in [0.15, 0.2) is 0 Å². The minimum Gasteiger partial charge on any atom is -0.378 e. The smallest absolute Gasteiger partial charge is 0.0703 e. The van der Waals surface area contributed by atoms with E-state index in [4.69, 9.17) is 9.47 Å². The molecular weight excluding hydrogens is 300 g/mol. The first-order chi connectivity index (χ1) is 10.9. The first-order valence-corrected chi connectivity index (χ1v) is 9.67. The maximum absolute atomic E-state index is 6.17. The van der Waals surface area contributed by atoms with E-state index < -0.39 is 0 Å². The lowest BCUT2D eigenvalue weighted by atomic mass is 9.87. The van der Waals surface area contributed by atoms with Crippen LogP contribution in [-0.4, -0.2) is 71.5 Å². The van der Waals surface area contributed by atoms with E-state index in [9.17, 15) is 0 Å². The highest BCUT2D eigenvalue weighted by Gasteiger charge is 2.41. The van der Waals surface area contributed by atoms with E-state index in [0.717, 1.165) is 45.8 Å². The van der Waals surface area contributed by atoms with Crippen LogP contribution in [0.1, 0.15) is 68.2 Å². The minimum atomic E-state index is 0.112. The molecule has 0 aliphatic carbocycles. The summed E-state index contributed by atoms with van der Waals surface area (Å²) in [7, 11) is 0. The molecule has 2 saturated heterocycles. The van der Waals surface area contributed by atoms with Crippen molar-refractivity contribution in [3.63, 3.8) is 0 Å². The zero-order valence-electron chi connectivity index (χ0n) is 17.3. The summed E-state index contributed by atoms with van der Waals surface area (Å²) in [4.78, 5) is 5.24. The topological polar surface area (TPSA) is 24.9 Å². The van der Waals surface area contributed by atoms with Crippen LogP contribution in [0, 0.1) is 0 Å². The van der Waals surface area contributed by atoms with E-state index in [1.165, 1.54) is 0 Å². The van der Waals surface area contributed by atoms with Crippen LogP contribution in [-0.2, 0) is 9.47 Å². The van der Waals surface area contributed by atoms with Crippen LogP contribution >= 0.6 is 0 Å². The molecule has 0 amide bonds. The maximum Gasteiger partial charge on any atom is 0.0703 e. The molecule has 0 saturated carbocycles. The molecule has 2 fully saturated rings. The molecule has 0 aromatic heterocycles. The van der Waals surface area contributed by atoms with E-state index in [0.29, 0.717) is 12.1 Å². The molecule has 2 atom stereocenters. The summed E-state index contributed by atoms with van der Waals surface area (Å²) >= 11 is 0. The number of morpholine rings is 2. The van der Waals surface area contributed by atoms with Gasteiger partial charge < -0.3 is 9.47 Å². The van der Waals surface area contributed by atoms with Gasteiger partial charge in [-0.3, -0.25) is 9.80 Å². The van der Waals surface area contributed by atoms with Crippen molar-refractivity contribution >= 4 is 0 Å². The van der Waals surface area contributed by atoms with Crippen molar-refractivity contribution in [2.24, 2.45) is 0 Å². The predicted octanol–water partition coefficient (Wildman–Crippen LogP) is 3.54. The highest BCUT2D eigenvalue weighted by atomic mass is 16.5. The first kappa shape index (κ1) is 20.2. The van der Waals surface area contributed by atoms with Crippen LogP contribution in [0.15, 0.2) is 0 Å². The van der Waals surface area contributed by atoms with E-state index in [1.807, 2.05) is 0 Å². The lowest BCUT2D eigenvalue weighted by Gasteiger charge is -2.52. The van der Waals surface area contributed by atoms with Gasteiger partial charge in [0.1, 0.15) is 0 Å². The Kier molecular flexibility index (Phi) is 6.06. The summed E-state index contributed by atoms with van der Waals surface area (Å²) in [5, 5.41) is 0. The number of hydrogen-bond acceptors (Lipinski definition) is 4. The van der Waals surface area contributed by atoms with Crippen LogP contribution in [0.5, 0.6) is 0 Å². The Balaban J connectivity index is 1.94. The molecule has 2 aliphatic rings. The molecule has 2 rings (SSSR count). The zero-order valence-corrected chi connectivity index (χ0v) is 17.3. The third kappa shape index (κ3) is 4.72. The van der Waals surface area contributed by atoms with Crippen LogP contribution in [0.2, 0.25) is 0 Å². The SMILES string of the molecule is CC1COC(CCC(C)(C)N2CCOCC2(C)C)CN1C(C)(C)C. The quantitative estimate of drug-likeness (QED) is 0.781. The first-order valence-electron chi connectivity index (χ1n) is 9.67. The van der Waals surface area contributed by atoms with Gasteiger partial charge in [0, 0.05) is 35.7 Å². The molecule has 0 bridgehead atoms. The summed E-state index contributed by atoms with van der Waals surface area (Å²) in [5.74, 6) is 0. The molecule has 0 radical (unpaired) electrons. The van der Waals surface area contributed by atoms with Crippen molar-refractivity contribution < 1.29 is 9.47 Å². The van der Waals surface area contributed by atoms with E-state index in [2.05, 4.69) is 65.2 Å². The number of ether oxygens (including phenoxy) is 2. The lowest BCUT2D eigenvalue weighted by molar-refractivity contribution is -0.113. The third-order valence-electron chi connectivity index (χ3n) is 5.82. The lowest BCUT2D eigenvalue weighted by Crippen LogP contribution is -2.61. The summed E-state index contributed by atoms with van der Waals surface area (Å²) in [6.07, 6.45) is 2.64. The van der Waals surface area contributed by atoms with Gasteiger partial charge >= 0.3 is 0 Å². The van der Waals surface area contributed by atoms with Gasteiger partial charge in [0.2, 0.25) is 0 Å². The van der Waals surface area contributed by atoms with E-state index in [1.54, 1.807) is 0 Å².